The summed E-state index contributed by atoms with van der Waals surface area (Å²) in [4.78, 5) is 32.7. The predicted molar refractivity (Wildman–Crippen MR) is 71.9 cm³/mol. The minimum atomic E-state index is -0.275. The van der Waals surface area contributed by atoms with Gasteiger partial charge < -0.3 is 10.2 Å². The van der Waals surface area contributed by atoms with Crippen molar-refractivity contribution in [3.63, 3.8) is 0 Å². The highest BCUT2D eigenvalue weighted by molar-refractivity contribution is 9.11. The van der Waals surface area contributed by atoms with Gasteiger partial charge in [0.1, 0.15) is 9.21 Å². The Morgan fingerprint density at radius 2 is 2.28 bits per heavy atom. The number of carbonyl (C=O) groups excluding carboxylic acids is 2. The van der Waals surface area contributed by atoms with Crippen molar-refractivity contribution in [1.82, 2.24) is 14.9 Å². The molecule has 1 aliphatic rings. The molecule has 0 bridgehead atoms. The fourth-order valence-electron chi connectivity index (χ4n) is 1.65. The van der Waals surface area contributed by atoms with Crippen LogP contribution in [0.1, 0.15) is 12.8 Å². The largest absolute Gasteiger partial charge is 0.333 e. The molecular weight excluding hydrogens is 368 g/mol. The van der Waals surface area contributed by atoms with Crippen molar-refractivity contribution in [3.8, 4) is 0 Å². The van der Waals surface area contributed by atoms with Crippen molar-refractivity contribution in [2.45, 2.75) is 12.8 Å². The molecule has 6 nitrogen and oxygen atoms in total. The van der Waals surface area contributed by atoms with E-state index in [1.54, 1.807) is 0 Å². The van der Waals surface area contributed by atoms with Crippen LogP contribution in [-0.4, -0.2) is 39.8 Å². The molecule has 0 radical (unpaired) electrons. The van der Waals surface area contributed by atoms with E-state index in [1.165, 1.54) is 11.1 Å². The van der Waals surface area contributed by atoms with Gasteiger partial charge in [0.2, 0.25) is 11.8 Å². The van der Waals surface area contributed by atoms with Gasteiger partial charge in [-0.1, -0.05) is 0 Å². The molecule has 96 valence electrons. The van der Waals surface area contributed by atoms with Crippen LogP contribution in [-0.2, 0) is 9.59 Å². The first-order valence-corrected chi connectivity index (χ1v) is 6.90. The quantitative estimate of drug-likeness (QED) is 0.867. The third-order valence-corrected chi connectivity index (χ3v) is 3.40. The van der Waals surface area contributed by atoms with Crippen molar-refractivity contribution in [3.05, 3.63) is 15.4 Å². The van der Waals surface area contributed by atoms with E-state index < -0.39 is 0 Å². The van der Waals surface area contributed by atoms with Crippen LogP contribution in [0.4, 0.5) is 5.82 Å². The number of hydrogen-bond donors (Lipinski definition) is 1. The molecule has 0 atom stereocenters. The molecule has 1 aliphatic heterocycles. The number of nitrogens with zero attached hydrogens (tertiary/aromatic N) is 3. The number of aromatic nitrogens is 2. The smallest absolute Gasteiger partial charge is 0.245 e. The van der Waals surface area contributed by atoms with E-state index in [9.17, 15) is 9.59 Å². The fourth-order valence-corrected chi connectivity index (χ4v) is 2.56. The third-order valence-electron chi connectivity index (χ3n) is 2.46. The maximum atomic E-state index is 11.7. The van der Waals surface area contributed by atoms with Crippen LogP contribution in [0.25, 0.3) is 0 Å². The molecule has 1 aromatic rings. The second kappa shape index (κ2) is 5.75. The number of rotatable bonds is 3. The van der Waals surface area contributed by atoms with Crippen LogP contribution < -0.4 is 5.32 Å². The number of amides is 2. The first-order valence-electron chi connectivity index (χ1n) is 5.32. The van der Waals surface area contributed by atoms with Crippen molar-refractivity contribution >= 4 is 49.5 Å². The summed E-state index contributed by atoms with van der Waals surface area (Å²) in [5, 5.41) is 2.61. The number of halogens is 2. The molecule has 2 rings (SSSR count). The summed E-state index contributed by atoms with van der Waals surface area (Å²) in [6, 6.07) is 0. The summed E-state index contributed by atoms with van der Waals surface area (Å²) in [6.45, 7) is 0.697. The van der Waals surface area contributed by atoms with Crippen molar-refractivity contribution in [2.24, 2.45) is 0 Å². The number of anilines is 1. The monoisotopic (exact) mass is 376 g/mol. The van der Waals surface area contributed by atoms with Gasteiger partial charge in [-0.3, -0.25) is 9.59 Å². The molecule has 0 aromatic carbocycles. The van der Waals surface area contributed by atoms with Gasteiger partial charge in [-0.2, -0.15) is 0 Å². The average Bonchev–Trinajstić information content (AvgIpc) is 2.69. The lowest BCUT2D eigenvalue weighted by Crippen LogP contribution is -2.34. The Morgan fingerprint density at radius 3 is 2.89 bits per heavy atom. The van der Waals surface area contributed by atoms with Crippen LogP contribution in [0.2, 0.25) is 0 Å². The van der Waals surface area contributed by atoms with E-state index in [0.717, 1.165) is 6.42 Å². The summed E-state index contributed by atoms with van der Waals surface area (Å²) in [6.07, 6.45) is 2.82. The van der Waals surface area contributed by atoms with Gasteiger partial charge in [0, 0.05) is 13.0 Å². The Bertz CT molecular complexity index is 495. The SMILES string of the molecule is O=C(CN1CCCC1=O)Nc1ncc(Br)nc1Br. The molecule has 0 spiro atoms. The Labute approximate surface area is 120 Å². The van der Waals surface area contributed by atoms with Crippen LogP contribution in [0.15, 0.2) is 15.4 Å². The fraction of sp³-hybridized carbons (Fsp3) is 0.400. The van der Waals surface area contributed by atoms with Crippen molar-refractivity contribution in [1.29, 1.82) is 0 Å². The maximum absolute atomic E-state index is 11.7. The highest BCUT2D eigenvalue weighted by Crippen LogP contribution is 2.19. The van der Waals surface area contributed by atoms with Crippen molar-refractivity contribution < 1.29 is 9.59 Å². The molecule has 2 amide bonds. The number of nitrogens with one attached hydrogen (secondary N) is 1. The van der Waals surface area contributed by atoms with Gasteiger partial charge in [-0.15, -0.1) is 0 Å². The van der Waals surface area contributed by atoms with E-state index in [0.29, 0.717) is 28.0 Å². The highest BCUT2D eigenvalue weighted by atomic mass is 79.9. The lowest BCUT2D eigenvalue weighted by molar-refractivity contribution is -0.131. The van der Waals surface area contributed by atoms with E-state index >= 15 is 0 Å². The van der Waals surface area contributed by atoms with Gasteiger partial charge in [0.15, 0.2) is 5.82 Å². The number of hydrogen-bond acceptors (Lipinski definition) is 4. The second-order valence-corrected chi connectivity index (χ2v) is 5.36. The lowest BCUT2D eigenvalue weighted by Gasteiger charge is -2.14. The Balaban J connectivity index is 1.96. The van der Waals surface area contributed by atoms with E-state index in [1.807, 2.05) is 0 Å². The molecule has 1 aromatic heterocycles. The average molecular weight is 378 g/mol. The zero-order valence-corrected chi connectivity index (χ0v) is 12.5. The van der Waals surface area contributed by atoms with Gasteiger partial charge in [-0.25, -0.2) is 9.97 Å². The second-order valence-electron chi connectivity index (χ2n) is 3.80. The van der Waals surface area contributed by atoms with Crippen LogP contribution in [0.5, 0.6) is 0 Å². The van der Waals surface area contributed by atoms with Gasteiger partial charge >= 0.3 is 0 Å². The molecular formula is C10H10Br2N4O2. The number of carbonyl (C=O) groups is 2. The maximum Gasteiger partial charge on any atom is 0.245 e. The zero-order chi connectivity index (χ0) is 13.1. The third kappa shape index (κ3) is 3.26. The topological polar surface area (TPSA) is 75.2 Å². The highest BCUT2D eigenvalue weighted by Gasteiger charge is 2.22. The van der Waals surface area contributed by atoms with E-state index in [4.69, 9.17) is 0 Å². The van der Waals surface area contributed by atoms with Crippen LogP contribution in [0, 0.1) is 0 Å². The van der Waals surface area contributed by atoms with Gasteiger partial charge in [0.05, 0.1) is 12.7 Å². The molecule has 0 unspecified atom stereocenters. The summed E-state index contributed by atoms with van der Waals surface area (Å²) in [7, 11) is 0. The molecule has 2 heterocycles. The van der Waals surface area contributed by atoms with Crippen LogP contribution >= 0.6 is 31.9 Å². The number of likely N-dealkylation sites (tertiary alicyclic amines) is 1. The van der Waals surface area contributed by atoms with E-state index in [-0.39, 0.29) is 18.4 Å². The van der Waals surface area contributed by atoms with Crippen molar-refractivity contribution in [2.75, 3.05) is 18.4 Å². The Kier molecular flexibility index (Phi) is 4.28. The molecule has 0 saturated carbocycles. The Hall–Kier alpha value is -1.02. The molecule has 1 fully saturated rings. The summed E-state index contributed by atoms with van der Waals surface area (Å²) < 4.78 is 1.01. The summed E-state index contributed by atoms with van der Waals surface area (Å²) in [5.41, 5.74) is 0. The lowest BCUT2D eigenvalue weighted by atomic mass is 10.4. The van der Waals surface area contributed by atoms with E-state index in [2.05, 4.69) is 47.1 Å². The normalized spacial score (nSPS) is 15.0. The van der Waals surface area contributed by atoms with Crippen LogP contribution in [0.3, 0.4) is 0 Å². The van der Waals surface area contributed by atoms with Gasteiger partial charge in [0.25, 0.3) is 0 Å². The molecule has 1 N–H and O–H groups in total. The predicted octanol–water partition coefficient (Wildman–Crippen LogP) is 1.56. The Morgan fingerprint density at radius 1 is 1.50 bits per heavy atom. The minimum Gasteiger partial charge on any atom is -0.333 e. The van der Waals surface area contributed by atoms with Gasteiger partial charge in [-0.05, 0) is 38.3 Å². The standard InChI is InChI=1S/C10H10Br2N4O2/c11-6-4-13-10(9(12)14-6)15-7(17)5-16-3-1-2-8(16)18/h4H,1-3,5H2,(H,13,15,17). The molecule has 8 heteroatoms. The molecule has 1 saturated heterocycles. The molecule has 0 aliphatic carbocycles. The molecule has 18 heavy (non-hydrogen) atoms. The zero-order valence-electron chi connectivity index (χ0n) is 9.32. The first-order chi connectivity index (χ1) is 8.56. The summed E-state index contributed by atoms with van der Waals surface area (Å²) >= 11 is 6.37. The minimum absolute atomic E-state index is 0.0195. The first kappa shape index (κ1) is 13.4. The summed E-state index contributed by atoms with van der Waals surface area (Å²) in [5.74, 6) is 0.0866.